The summed E-state index contributed by atoms with van der Waals surface area (Å²) in [4.78, 5) is 4.27. The Labute approximate surface area is 124 Å². The molecule has 4 nitrogen and oxygen atoms in total. The van der Waals surface area contributed by atoms with Crippen molar-refractivity contribution in [2.45, 2.75) is 13.1 Å². The lowest BCUT2D eigenvalue weighted by molar-refractivity contribution is 0.391. The number of aromatic nitrogens is 2. The Kier molecular flexibility index (Phi) is 3.88. The molecule has 0 atom stereocenters. The summed E-state index contributed by atoms with van der Waals surface area (Å²) in [5.74, 6) is 0.686. The van der Waals surface area contributed by atoms with E-state index in [-0.39, 0.29) is 0 Å². The Morgan fingerprint density at radius 2 is 2.00 bits per heavy atom. The van der Waals surface area contributed by atoms with Crippen molar-refractivity contribution in [2.75, 3.05) is 14.2 Å². The molecule has 0 bridgehead atoms. The number of nitrogens with one attached hydrogen (secondary N) is 1. The zero-order chi connectivity index (χ0) is 14.7. The van der Waals surface area contributed by atoms with Crippen molar-refractivity contribution in [1.29, 1.82) is 0 Å². The molecule has 0 saturated heterocycles. The van der Waals surface area contributed by atoms with Gasteiger partial charge in [-0.3, -0.25) is 0 Å². The summed E-state index contributed by atoms with van der Waals surface area (Å²) in [5.41, 5.74) is 3.61. The van der Waals surface area contributed by atoms with Crippen molar-refractivity contribution in [2.24, 2.45) is 0 Å². The second-order valence-corrected chi connectivity index (χ2v) is 5.00. The minimum absolute atomic E-state index is 0.686. The first kappa shape index (κ1) is 13.6. The fourth-order valence-corrected chi connectivity index (χ4v) is 2.70. The zero-order valence-corrected chi connectivity index (χ0v) is 12.3. The maximum Gasteiger partial charge on any atom is 0.218 e. The third-order valence-corrected chi connectivity index (χ3v) is 3.62. The maximum absolute atomic E-state index is 5.35. The molecule has 3 aromatic rings. The van der Waals surface area contributed by atoms with Gasteiger partial charge in [-0.1, -0.05) is 24.3 Å². The number of nitrogens with zero attached hydrogens (tertiary/aromatic N) is 2. The fraction of sp³-hybridized carbons (Fsp3) is 0.235. The molecule has 3 rings (SSSR count). The van der Waals surface area contributed by atoms with Crippen LogP contribution in [0.25, 0.3) is 10.9 Å². The van der Waals surface area contributed by atoms with E-state index in [2.05, 4.69) is 51.4 Å². The molecule has 21 heavy (non-hydrogen) atoms. The average molecular weight is 281 g/mol. The number of fused-ring (bicyclic) bond motifs is 1. The number of para-hydroxylation sites is 1. The number of pyridine rings is 1. The first-order chi connectivity index (χ1) is 10.3. The topological polar surface area (TPSA) is 39.1 Å². The molecule has 2 aromatic heterocycles. The summed E-state index contributed by atoms with van der Waals surface area (Å²) < 4.78 is 7.60. The number of methoxy groups -OCH3 is 1. The van der Waals surface area contributed by atoms with Crippen LogP contribution >= 0.6 is 0 Å². The molecule has 1 aromatic carbocycles. The van der Waals surface area contributed by atoms with E-state index in [1.54, 1.807) is 13.3 Å². The summed E-state index contributed by atoms with van der Waals surface area (Å²) in [7, 11) is 3.63. The van der Waals surface area contributed by atoms with Gasteiger partial charge in [0.1, 0.15) is 0 Å². The molecular formula is C17H19N3O. The van der Waals surface area contributed by atoms with Gasteiger partial charge in [-0.25, -0.2) is 4.98 Å². The van der Waals surface area contributed by atoms with Crippen LogP contribution in [0.3, 0.4) is 0 Å². The van der Waals surface area contributed by atoms with Gasteiger partial charge in [0, 0.05) is 35.4 Å². The molecule has 2 heterocycles. The molecule has 0 unspecified atom stereocenters. The number of ether oxygens (including phenoxy) is 1. The molecule has 0 radical (unpaired) electrons. The van der Waals surface area contributed by atoms with Crippen LogP contribution in [0, 0.1) is 0 Å². The van der Waals surface area contributed by atoms with Crippen molar-refractivity contribution in [3.05, 3.63) is 59.9 Å². The molecule has 0 amide bonds. The first-order valence-electron chi connectivity index (χ1n) is 7.02. The van der Waals surface area contributed by atoms with E-state index < -0.39 is 0 Å². The minimum Gasteiger partial charge on any atom is -0.481 e. The lowest BCUT2D eigenvalue weighted by Gasteiger charge is -2.09. The van der Waals surface area contributed by atoms with Gasteiger partial charge in [0.05, 0.1) is 13.7 Å². The van der Waals surface area contributed by atoms with Crippen LogP contribution in [0.1, 0.15) is 11.1 Å². The summed E-state index contributed by atoms with van der Waals surface area (Å²) in [5, 5.41) is 4.51. The van der Waals surface area contributed by atoms with Gasteiger partial charge in [-0.05, 0) is 24.7 Å². The van der Waals surface area contributed by atoms with Crippen molar-refractivity contribution in [3.8, 4) is 5.88 Å². The predicted octanol–water partition coefficient (Wildman–Crippen LogP) is 2.81. The van der Waals surface area contributed by atoms with Gasteiger partial charge in [0.2, 0.25) is 5.88 Å². The predicted molar refractivity (Wildman–Crippen MR) is 84.6 cm³/mol. The van der Waals surface area contributed by atoms with E-state index in [1.165, 1.54) is 16.5 Å². The highest BCUT2D eigenvalue weighted by Crippen LogP contribution is 2.24. The monoisotopic (exact) mass is 281 g/mol. The minimum atomic E-state index is 0.686. The standard InChI is InChI=1S/C17H19N3O/c1-18-10-14-12-20(16-8-4-3-7-15(14)16)11-13-6-5-9-19-17(13)21-2/h3-9,12,18H,10-11H2,1-2H3. The summed E-state index contributed by atoms with van der Waals surface area (Å²) >= 11 is 0. The normalized spacial score (nSPS) is 11.0. The Hall–Kier alpha value is -2.33. The highest BCUT2D eigenvalue weighted by Gasteiger charge is 2.10. The largest absolute Gasteiger partial charge is 0.481 e. The van der Waals surface area contributed by atoms with Crippen LogP contribution in [-0.4, -0.2) is 23.7 Å². The number of hydrogen-bond acceptors (Lipinski definition) is 3. The maximum atomic E-state index is 5.35. The van der Waals surface area contributed by atoms with E-state index in [0.717, 1.165) is 18.7 Å². The average Bonchev–Trinajstić information content (AvgIpc) is 2.87. The van der Waals surface area contributed by atoms with E-state index in [9.17, 15) is 0 Å². The third-order valence-electron chi connectivity index (χ3n) is 3.62. The number of hydrogen-bond donors (Lipinski definition) is 1. The van der Waals surface area contributed by atoms with Crippen molar-refractivity contribution in [1.82, 2.24) is 14.9 Å². The molecule has 1 N–H and O–H groups in total. The van der Waals surface area contributed by atoms with E-state index in [1.807, 2.05) is 13.1 Å². The van der Waals surface area contributed by atoms with Crippen LogP contribution in [0.15, 0.2) is 48.8 Å². The van der Waals surface area contributed by atoms with Crippen LogP contribution in [0.5, 0.6) is 5.88 Å². The Bertz CT molecular complexity index is 749. The molecule has 4 heteroatoms. The fourth-order valence-electron chi connectivity index (χ4n) is 2.70. The summed E-state index contributed by atoms with van der Waals surface area (Å²) in [6, 6.07) is 12.5. The Morgan fingerprint density at radius 3 is 2.81 bits per heavy atom. The highest BCUT2D eigenvalue weighted by atomic mass is 16.5. The van der Waals surface area contributed by atoms with E-state index >= 15 is 0 Å². The Morgan fingerprint density at radius 1 is 1.14 bits per heavy atom. The lowest BCUT2D eigenvalue weighted by Crippen LogP contribution is -2.05. The molecule has 108 valence electrons. The van der Waals surface area contributed by atoms with Crippen molar-refractivity contribution < 1.29 is 4.74 Å². The smallest absolute Gasteiger partial charge is 0.218 e. The van der Waals surface area contributed by atoms with Crippen LogP contribution in [0.2, 0.25) is 0 Å². The first-order valence-corrected chi connectivity index (χ1v) is 7.02. The van der Waals surface area contributed by atoms with Crippen molar-refractivity contribution in [3.63, 3.8) is 0 Å². The van der Waals surface area contributed by atoms with Crippen LogP contribution < -0.4 is 10.1 Å². The van der Waals surface area contributed by atoms with Gasteiger partial charge in [-0.15, -0.1) is 0 Å². The number of rotatable bonds is 5. The highest BCUT2D eigenvalue weighted by molar-refractivity contribution is 5.84. The van der Waals surface area contributed by atoms with Gasteiger partial charge in [-0.2, -0.15) is 0 Å². The quantitative estimate of drug-likeness (QED) is 0.781. The van der Waals surface area contributed by atoms with Crippen LogP contribution in [0.4, 0.5) is 0 Å². The number of benzene rings is 1. The van der Waals surface area contributed by atoms with Crippen molar-refractivity contribution >= 4 is 10.9 Å². The molecule has 0 saturated carbocycles. The van der Waals surface area contributed by atoms with Gasteiger partial charge in [0.15, 0.2) is 0 Å². The molecule has 0 aliphatic carbocycles. The van der Waals surface area contributed by atoms with Crippen LogP contribution in [-0.2, 0) is 13.1 Å². The lowest BCUT2D eigenvalue weighted by atomic mass is 10.2. The van der Waals surface area contributed by atoms with E-state index in [0.29, 0.717) is 5.88 Å². The molecule has 0 aliphatic heterocycles. The Balaban J connectivity index is 2.04. The zero-order valence-electron chi connectivity index (χ0n) is 12.3. The third kappa shape index (κ3) is 2.62. The molecule has 0 spiro atoms. The molecule has 0 fully saturated rings. The SMILES string of the molecule is CNCc1cn(Cc2cccnc2OC)c2ccccc12. The summed E-state index contributed by atoms with van der Waals surface area (Å²) in [6.45, 7) is 1.61. The second-order valence-electron chi connectivity index (χ2n) is 5.00. The molecule has 0 aliphatic rings. The second kappa shape index (κ2) is 5.97. The van der Waals surface area contributed by atoms with Gasteiger partial charge >= 0.3 is 0 Å². The van der Waals surface area contributed by atoms with Gasteiger partial charge < -0.3 is 14.6 Å². The van der Waals surface area contributed by atoms with E-state index in [4.69, 9.17) is 4.74 Å². The van der Waals surface area contributed by atoms with Gasteiger partial charge in [0.25, 0.3) is 0 Å². The molecular weight excluding hydrogens is 262 g/mol. The summed E-state index contributed by atoms with van der Waals surface area (Å²) in [6.07, 6.45) is 3.95.